The molecule has 0 heterocycles. The molecule has 0 atom stereocenters. The Morgan fingerprint density at radius 2 is 0.744 bits per heavy atom. The van der Waals surface area contributed by atoms with Gasteiger partial charge in [-0.2, -0.15) is 0 Å². The standard InChI is InChI=1S/C34H70O5/c1-4-6-8-10-18-25-31-37-34(38-32-26-19-11-9-7-5-2)28-22-16-21-24-30-36-29-23-17-14-12-13-15-20-27-33-39-35-3/h34H,4-33H2,1-3H3. The first-order chi connectivity index (χ1) is 19.3. The molecule has 0 rings (SSSR count). The average molecular weight is 559 g/mol. The van der Waals surface area contributed by atoms with Gasteiger partial charge in [-0.05, 0) is 44.9 Å². The van der Waals surface area contributed by atoms with Crippen LogP contribution in [0, 0.1) is 0 Å². The van der Waals surface area contributed by atoms with Crippen LogP contribution in [0.15, 0.2) is 0 Å². The van der Waals surface area contributed by atoms with Crippen LogP contribution in [0.1, 0.15) is 174 Å². The second kappa shape index (κ2) is 35.8. The van der Waals surface area contributed by atoms with Gasteiger partial charge in [0.25, 0.3) is 0 Å². The van der Waals surface area contributed by atoms with Crippen molar-refractivity contribution in [3.63, 3.8) is 0 Å². The first-order valence-corrected chi connectivity index (χ1v) is 17.3. The van der Waals surface area contributed by atoms with Crippen LogP contribution in [0.25, 0.3) is 0 Å². The third-order valence-electron chi connectivity index (χ3n) is 7.47. The van der Waals surface area contributed by atoms with Gasteiger partial charge in [-0.1, -0.05) is 129 Å². The molecule has 0 N–H and O–H groups in total. The summed E-state index contributed by atoms with van der Waals surface area (Å²) in [7, 11) is 1.57. The Hall–Kier alpha value is -0.200. The molecule has 0 unspecified atom stereocenters. The minimum atomic E-state index is -0.00258. The number of hydrogen-bond acceptors (Lipinski definition) is 5. The molecule has 0 aliphatic rings. The molecule has 0 saturated carbocycles. The van der Waals surface area contributed by atoms with Gasteiger partial charge in [0.1, 0.15) is 0 Å². The summed E-state index contributed by atoms with van der Waals surface area (Å²) in [6.07, 6.45) is 31.7. The molecule has 39 heavy (non-hydrogen) atoms. The van der Waals surface area contributed by atoms with E-state index in [1.54, 1.807) is 7.11 Å². The van der Waals surface area contributed by atoms with E-state index in [-0.39, 0.29) is 6.29 Å². The van der Waals surface area contributed by atoms with Crippen LogP contribution in [0.3, 0.4) is 0 Å². The second-order valence-corrected chi connectivity index (χ2v) is 11.3. The Kier molecular flexibility index (Phi) is 35.6. The van der Waals surface area contributed by atoms with Gasteiger partial charge in [0.2, 0.25) is 0 Å². The fourth-order valence-electron chi connectivity index (χ4n) is 4.89. The predicted octanol–water partition coefficient (Wildman–Crippen LogP) is 10.7. The SMILES string of the molecule is CCCCCCCCOC(CCCCCCOCCCCCCCCCCOOC)OCCCCCCCC. The van der Waals surface area contributed by atoms with E-state index in [4.69, 9.17) is 19.1 Å². The van der Waals surface area contributed by atoms with E-state index in [0.717, 1.165) is 45.9 Å². The highest BCUT2D eigenvalue weighted by molar-refractivity contribution is 4.53. The molecular formula is C34H70O5. The van der Waals surface area contributed by atoms with Crippen molar-refractivity contribution in [1.29, 1.82) is 0 Å². The summed E-state index contributed by atoms with van der Waals surface area (Å²) in [5, 5.41) is 0. The van der Waals surface area contributed by atoms with Crippen molar-refractivity contribution in [2.75, 3.05) is 40.1 Å². The largest absolute Gasteiger partial charge is 0.381 e. The molecule has 5 heteroatoms. The van der Waals surface area contributed by atoms with Crippen LogP contribution in [-0.2, 0) is 24.0 Å². The van der Waals surface area contributed by atoms with Crippen LogP contribution >= 0.6 is 0 Å². The third-order valence-corrected chi connectivity index (χ3v) is 7.47. The number of unbranched alkanes of at least 4 members (excludes halogenated alkanes) is 20. The summed E-state index contributed by atoms with van der Waals surface area (Å²) < 4.78 is 18.2. The van der Waals surface area contributed by atoms with Gasteiger partial charge in [-0.25, -0.2) is 9.78 Å². The topological polar surface area (TPSA) is 46.2 Å². The van der Waals surface area contributed by atoms with E-state index in [1.807, 2.05) is 0 Å². The Morgan fingerprint density at radius 1 is 0.385 bits per heavy atom. The van der Waals surface area contributed by atoms with Crippen molar-refractivity contribution in [3.8, 4) is 0 Å². The highest BCUT2D eigenvalue weighted by atomic mass is 17.2. The quantitative estimate of drug-likeness (QED) is 0.0335. The van der Waals surface area contributed by atoms with E-state index in [1.165, 1.54) is 148 Å². The molecule has 0 aliphatic carbocycles. The summed E-state index contributed by atoms with van der Waals surface area (Å²) in [6.45, 7) is 8.81. The fourth-order valence-corrected chi connectivity index (χ4v) is 4.89. The molecule has 5 nitrogen and oxygen atoms in total. The first kappa shape index (κ1) is 38.8. The summed E-state index contributed by atoms with van der Waals surface area (Å²) in [4.78, 5) is 9.50. The Bertz CT molecular complexity index is 402. The molecule has 0 aromatic heterocycles. The molecule has 0 radical (unpaired) electrons. The molecule has 0 fully saturated rings. The molecule has 0 aliphatic heterocycles. The van der Waals surface area contributed by atoms with Crippen LogP contribution in [-0.4, -0.2) is 46.4 Å². The predicted molar refractivity (Wildman–Crippen MR) is 166 cm³/mol. The molecular weight excluding hydrogens is 488 g/mol. The monoisotopic (exact) mass is 559 g/mol. The van der Waals surface area contributed by atoms with Gasteiger partial charge in [-0.15, -0.1) is 0 Å². The number of hydrogen-bond donors (Lipinski definition) is 0. The molecule has 0 aromatic rings. The number of ether oxygens (including phenoxy) is 3. The Morgan fingerprint density at radius 3 is 1.18 bits per heavy atom. The van der Waals surface area contributed by atoms with E-state index < -0.39 is 0 Å². The molecule has 0 saturated heterocycles. The van der Waals surface area contributed by atoms with Crippen LogP contribution in [0.4, 0.5) is 0 Å². The summed E-state index contributed by atoms with van der Waals surface area (Å²) >= 11 is 0. The Balaban J connectivity index is 3.65. The molecule has 0 amide bonds. The first-order valence-electron chi connectivity index (χ1n) is 17.3. The van der Waals surface area contributed by atoms with Crippen molar-refractivity contribution in [2.45, 2.75) is 181 Å². The average Bonchev–Trinajstić information content (AvgIpc) is 2.95. The lowest BCUT2D eigenvalue weighted by Gasteiger charge is -2.19. The maximum absolute atomic E-state index is 6.17. The fraction of sp³-hybridized carbons (Fsp3) is 1.00. The summed E-state index contributed by atoms with van der Waals surface area (Å²) in [5.41, 5.74) is 0. The lowest BCUT2D eigenvalue weighted by molar-refractivity contribution is -0.272. The maximum atomic E-state index is 6.17. The number of rotatable bonds is 35. The van der Waals surface area contributed by atoms with Crippen LogP contribution in [0.2, 0.25) is 0 Å². The van der Waals surface area contributed by atoms with Crippen molar-refractivity contribution in [3.05, 3.63) is 0 Å². The van der Waals surface area contributed by atoms with Crippen molar-refractivity contribution >= 4 is 0 Å². The normalized spacial score (nSPS) is 11.7. The second-order valence-electron chi connectivity index (χ2n) is 11.3. The lowest BCUT2D eigenvalue weighted by Crippen LogP contribution is -2.19. The van der Waals surface area contributed by atoms with E-state index >= 15 is 0 Å². The van der Waals surface area contributed by atoms with Crippen LogP contribution < -0.4 is 0 Å². The van der Waals surface area contributed by atoms with Crippen molar-refractivity contribution in [2.24, 2.45) is 0 Å². The summed E-state index contributed by atoms with van der Waals surface area (Å²) in [6, 6.07) is 0. The zero-order valence-electron chi connectivity index (χ0n) is 26.8. The van der Waals surface area contributed by atoms with Crippen LogP contribution in [0.5, 0.6) is 0 Å². The lowest BCUT2D eigenvalue weighted by atomic mass is 10.1. The van der Waals surface area contributed by atoms with Gasteiger partial charge in [-0.3, -0.25) is 0 Å². The van der Waals surface area contributed by atoms with E-state index in [2.05, 4.69) is 18.7 Å². The maximum Gasteiger partial charge on any atom is 0.157 e. The molecule has 236 valence electrons. The van der Waals surface area contributed by atoms with Gasteiger partial charge in [0.15, 0.2) is 6.29 Å². The zero-order valence-corrected chi connectivity index (χ0v) is 26.8. The zero-order chi connectivity index (χ0) is 28.3. The van der Waals surface area contributed by atoms with Crippen molar-refractivity contribution < 1.29 is 24.0 Å². The van der Waals surface area contributed by atoms with Gasteiger partial charge in [0, 0.05) is 26.4 Å². The minimum Gasteiger partial charge on any atom is -0.381 e. The Labute approximate surface area is 244 Å². The van der Waals surface area contributed by atoms with Crippen molar-refractivity contribution in [1.82, 2.24) is 0 Å². The van der Waals surface area contributed by atoms with Gasteiger partial charge < -0.3 is 14.2 Å². The summed E-state index contributed by atoms with van der Waals surface area (Å²) in [5.74, 6) is 0. The molecule has 0 bridgehead atoms. The molecule has 0 spiro atoms. The minimum absolute atomic E-state index is 0.00258. The third kappa shape index (κ3) is 33.9. The van der Waals surface area contributed by atoms with Gasteiger partial charge in [0.05, 0.1) is 13.7 Å². The highest BCUT2D eigenvalue weighted by Gasteiger charge is 2.09. The van der Waals surface area contributed by atoms with E-state index in [0.29, 0.717) is 0 Å². The molecule has 0 aromatic carbocycles. The smallest absolute Gasteiger partial charge is 0.157 e. The highest BCUT2D eigenvalue weighted by Crippen LogP contribution is 2.14. The van der Waals surface area contributed by atoms with Gasteiger partial charge >= 0.3 is 0 Å². The van der Waals surface area contributed by atoms with E-state index in [9.17, 15) is 0 Å².